The fraction of sp³-hybridized carbons (Fsp3) is 0.595. The molecule has 1 saturated heterocycles. The van der Waals surface area contributed by atoms with E-state index in [4.69, 9.17) is 5.73 Å². The van der Waals surface area contributed by atoms with Crippen LogP contribution in [0.2, 0.25) is 0 Å². The first-order valence-corrected chi connectivity index (χ1v) is 18.0. The number of aliphatic hydroxyl groups is 3. The Morgan fingerprint density at radius 2 is 1.77 bits per heavy atom. The van der Waals surface area contributed by atoms with Gasteiger partial charge in [0.25, 0.3) is 0 Å². The molecule has 6 rings (SSSR count). The predicted molar refractivity (Wildman–Crippen MR) is 180 cm³/mol. The van der Waals surface area contributed by atoms with Crippen LogP contribution in [0.4, 0.5) is 0 Å². The van der Waals surface area contributed by atoms with E-state index in [9.17, 15) is 34.8 Å². The van der Waals surface area contributed by atoms with E-state index in [1.54, 1.807) is 18.7 Å². The number of nitrogens with two attached hydrogens (primary N) is 1. The van der Waals surface area contributed by atoms with Crippen molar-refractivity contribution in [2.24, 2.45) is 46.2 Å². The molecule has 2 saturated carbocycles. The molecule has 254 valence electrons. The molecule has 10 heteroatoms. The number of phenols is 1. The number of Topliss-reactive ketones (excluding diaryl/α,β-unsaturated/α-hetero) is 2. The predicted octanol–water partition coefficient (Wildman–Crippen LogP) is 3.50. The van der Waals surface area contributed by atoms with E-state index in [2.05, 4.69) is 23.5 Å². The second kappa shape index (κ2) is 12.0. The van der Waals surface area contributed by atoms with Gasteiger partial charge in [-0.15, -0.1) is 11.8 Å². The fourth-order valence-electron chi connectivity index (χ4n) is 10.3. The summed E-state index contributed by atoms with van der Waals surface area (Å²) in [5.41, 5.74) is 4.46. The lowest BCUT2D eigenvalue weighted by Crippen LogP contribution is -2.79. The zero-order chi connectivity index (χ0) is 34.2. The van der Waals surface area contributed by atoms with Gasteiger partial charge < -0.3 is 31.5 Å². The first kappa shape index (κ1) is 34.1. The van der Waals surface area contributed by atoms with E-state index < -0.39 is 63.9 Å². The van der Waals surface area contributed by atoms with Crippen LogP contribution >= 0.6 is 11.8 Å². The van der Waals surface area contributed by atoms with E-state index in [0.29, 0.717) is 11.5 Å². The molecule has 2 aromatic rings. The van der Waals surface area contributed by atoms with Crippen molar-refractivity contribution in [3.8, 4) is 16.9 Å². The minimum absolute atomic E-state index is 0.0854. The summed E-state index contributed by atoms with van der Waals surface area (Å²) < 4.78 is 0. The quantitative estimate of drug-likeness (QED) is 0.200. The summed E-state index contributed by atoms with van der Waals surface area (Å²) in [5.74, 6) is -6.40. The van der Waals surface area contributed by atoms with Gasteiger partial charge in [0.05, 0.1) is 17.6 Å². The number of benzene rings is 2. The molecule has 0 radical (unpaired) electrons. The number of nitrogens with one attached hydrogen (secondary N) is 1. The summed E-state index contributed by atoms with van der Waals surface area (Å²) in [7, 11) is 0. The minimum Gasteiger partial charge on any atom is -0.507 e. The average molecular weight is 665 g/mol. The van der Waals surface area contributed by atoms with Crippen LogP contribution in [-0.2, 0) is 22.4 Å². The van der Waals surface area contributed by atoms with Crippen molar-refractivity contribution in [2.45, 2.75) is 82.5 Å². The first-order valence-electron chi connectivity index (χ1n) is 16.8. The lowest BCUT2D eigenvalue weighted by atomic mass is 9.39. The van der Waals surface area contributed by atoms with Crippen LogP contribution in [0.5, 0.6) is 5.75 Å². The maximum absolute atomic E-state index is 14.6. The minimum atomic E-state index is -2.53. The summed E-state index contributed by atoms with van der Waals surface area (Å²) in [5, 5.41) is 50.5. The number of aromatic hydroxyl groups is 1. The highest BCUT2D eigenvalue weighted by Gasteiger charge is 2.76. The third-order valence-electron chi connectivity index (χ3n) is 12.2. The van der Waals surface area contributed by atoms with Crippen LogP contribution in [-0.4, -0.2) is 75.1 Å². The van der Waals surface area contributed by atoms with Crippen molar-refractivity contribution in [1.29, 1.82) is 0 Å². The zero-order valence-electron chi connectivity index (χ0n) is 27.9. The summed E-state index contributed by atoms with van der Waals surface area (Å²) >= 11 is 1.61. The molecule has 1 heterocycles. The Morgan fingerprint density at radius 3 is 2.38 bits per heavy atom. The number of aliphatic hydroxyl groups excluding tert-OH is 2. The maximum Gasteiger partial charge on any atom is 0.230 e. The van der Waals surface area contributed by atoms with Gasteiger partial charge in [-0.3, -0.25) is 14.4 Å². The Hall–Kier alpha value is -2.76. The monoisotopic (exact) mass is 664 g/mol. The lowest BCUT2D eigenvalue weighted by molar-refractivity contribution is -0.265. The first-order chi connectivity index (χ1) is 22.1. The van der Waals surface area contributed by atoms with Crippen molar-refractivity contribution < 1.29 is 34.8 Å². The van der Waals surface area contributed by atoms with E-state index in [0.717, 1.165) is 48.4 Å². The Labute approximate surface area is 280 Å². The number of carbonyl (C=O) groups is 3. The van der Waals surface area contributed by atoms with Crippen molar-refractivity contribution >= 4 is 29.2 Å². The van der Waals surface area contributed by atoms with Crippen LogP contribution in [0.25, 0.3) is 11.1 Å². The summed E-state index contributed by atoms with van der Waals surface area (Å²) in [6, 6.07) is 9.85. The number of hydrogen-bond donors (Lipinski definition) is 6. The number of carbonyl (C=O) groups excluding carboxylic acids is 3. The molecule has 0 spiro atoms. The van der Waals surface area contributed by atoms with Gasteiger partial charge in [-0.05, 0) is 109 Å². The highest BCUT2D eigenvalue weighted by atomic mass is 32.2. The maximum atomic E-state index is 14.6. The van der Waals surface area contributed by atoms with E-state index in [1.807, 2.05) is 33.1 Å². The van der Waals surface area contributed by atoms with Gasteiger partial charge in [-0.1, -0.05) is 45.9 Å². The van der Waals surface area contributed by atoms with Crippen LogP contribution in [0.3, 0.4) is 0 Å². The van der Waals surface area contributed by atoms with Crippen LogP contribution < -0.4 is 11.1 Å². The number of rotatable bonds is 6. The topological polar surface area (TPSA) is 170 Å². The molecule has 8 atom stereocenters. The average Bonchev–Trinajstić information content (AvgIpc) is 2.99. The SMILES string of the molecule is CSc1ccc(CC2CCNCC2)cc1-c1ccc(O)c2c1C[C@]1(C)C[C@]3(C)[C@@H](C(C)C)C(O)[C@@H](C(N)=O)C(=O)[C@]3(O)C(O)[C@H]1C2=O. The number of amides is 1. The molecule has 2 aromatic carbocycles. The highest BCUT2D eigenvalue weighted by Crippen LogP contribution is 2.66. The largest absolute Gasteiger partial charge is 0.507 e. The van der Waals surface area contributed by atoms with Gasteiger partial charge in [-0.2, -0.15) is 0 Å². The van der Waals surface area contributed by atoms with Gasteiger partial charge in [0.15, 0.2) is 17.2 Å². The molecule has 9 nitrogen and oxygen atoms in total. The van der Waals surface area contributed by atoms with Crippen LogP contribution in [0, 0.1) is 40.4 Å². The van der Waals surface area contributed by atoms with Gasteiger partial charge in [0.1, 0.15) is 17.8 Å². The molecular formula is C37H48N2O7S. The number of phenolic OH excluding ortho intramolecular Hbond substituents is 1. The molecule has 0 aromatic heterocycles. The normalized spacial score (nSPS) is 35.7. The van der Waals surface area contributed by atoms with Gasteiger partial charge >= 0.3 is 0 Å². The molecule has 2 unspecified atom stereocenters. The zero-order valence-corrected chi connectivity index (χ0v) is 28.7. The van der Waals surface area contributed by atoms with Crippen molar-refractivity contribution in [1.82, 2.24) is 5.32 Å². The Morgan fingerprint density at radius 1 is 1.09 bits per heavy atom. The van der Waals surface area contributed by atoms with Crippen LogP contribution in [0.1, 0.15) is 68.4 Å². The summed E-state index contributed by atoms with van der Waals surface area (Å²) in [4.78, 5) is 42.1. The Balaban J connectivity index is 1.50. The van der Waals surface area contributed by atoms with Gasteiger partial charge in [0, 0.05) is 10.3 Å². The lowest BCUT2D eigenvalue weighted by Gasteiger charge is -2.66. The third kappa shape index (κ3) is 5.00. The standard InChI is InChI=1S/C37H48N2O7S/c1-18(2)28-31(42)27(34(38)45)32(43)37(46)33(44)29-30(41)26-23(16-35(29,3)17-36(28,37)4)21(7-8-24(26)40)22-15-20(6-9-25(22)47-5)14-19-10-12-39-13-11-19/h6-9,15,18-19,27-29,31,33,39-40,42,44,46H,10-14,16-17H2,1-5H3,(H2,38,45)/t27-,28+,29-,31?,33?,35-,36-,37+/m1/s1. The molecule has 3 aliphatic carbocycles. The summed E-state index contributed by atoms with van der Waals surface area (Å²) in [6.45, 7) is 9.27. The van der Waals surface area contributed by atoms with E-state index in [1.165, 1.54) is 11.6 Å². The van der Waals surface area contributed by atoms with E-state index in [-0.39, 0.29) is 30.1 Å². The number of ketones is 2. The number of thioether (sulfide) groups is 1. The second-order valence-corrected chi connectivity index (χ2v) is 16.2. The Kier molecular flexibility index (Phi) is 8.70. The molecule has 0 bridgehead atoms. The molecule has 7 N–H and O–H groups in total. The van der Waals surface area contributed by atoms with Gasteiger partial charge in [0.2, 0.25) is 5.91 Å². The van der Waals surface area contributed by atoms with Gasteiger partial charge in [-0.25, -0.2) is 0 Å². The van der Waals surface area contributed by atoms with E-state index >= 15 is 0 Å². The summed E-state index contributed by atoms with van der Waals surface area (Å²) in [6.07, 6.45) is 2.23. The van der Waals surface area contributed by atoms with Crippen LogP contribution in [0.15, 0.2) is 35.2 Å². The van der Waals surface area contributed by atoms with Crippen molar-refractivity contribution in [3.63, 3.8) is 0 Å². The highest BCUT2D eigenvalue weighted by molar-refractivity contribution is 7.98. The fourth-order valence-corrected chi connectivity index (χ4v) is 10.9. The molecule has 1 amide bonds. The number of hydrogen-bond acceptors (Lipinski definition) is 9. The van der Waals surface area contributed by atoms with Crippen molar-refractivity contribution in [3.05, 3.63) is 47.0 Å². The molecule has 47 heavy (non-hydrogen) atoms. The second-order valence-electron chi connectivity index (χ2n) is 15.4. The molecule has 3 fully saturated rings. The molecule has 1 aliphatic heterocycles. The number of piperidine rings is 1. The molecule has 4 aliphatic rings. The smallest absolute Gasteiger partial charge is 0.230 e. The number of fused-ring (bicyclic) bond motifs is 3. The Bertz CT molecular complexity index is 1620. The van der Waals surface area contributed by atoms with Crippen molar-refractivity contribution in [2.75, 3.05) is 19.3 Å². The molecular weight excluding hydrogens is 616 g/mol. The number of primary amides is 1. The third-order valence-corrected chi connectivity index (χ3v) is 13.0.